The first-order valence-corrected chi connectivity index (χ1v) is 5.41. The molecule has 0 aliphatic carbocycles. The minimum absolute atomic E-state index is 0.0271. The van der Waals surface area contributed by atoms with Gasteiger partial charge in [-0.25, -0.2) is 9.78 Å². The summed E-state index contributed by atoms with van der Waals surface area (Å²) in [7, 11) is 0. The molecule has 94 valence electrons. The van der Waals surface area contributed by atoms with E-state index >= 15 is 0 Å². The number of halogens is 1. The van der Waals surface area contributed by atoms with Crippen LogP contribution in [0.3, 0.4) is 0 Å². The molecular weight excluding hydrogens is 260 g/mol. The summed E-state index contributed by atoms with van der Waals surface area (Å²) in [6.07, 6.45) is 1.47. The number of carboxylic acids is 1. The van der Waals surface area contributed by atoms with E-state index in [1.165, 1.54) is 16.7 Å². The second-order valence-electron chi connectivity index (χ2n) is 3.55. The van der Waals surface area contributed by atoms with E-state index in [0.717, 1.165) is 0 Å². The Bertz CT molecular complexity index is 653. The molecule has 0 spiro atoms. The second-order valence-corrected chi connectivity index (χ2v) is 3.98. The lowest BCUT2D eigenvalue weighted by molar-refractivity contribution is -0.142. The van der Waals surface area contributed by atoms with E-state index in [2.05, 4.69) is 4.98 Å². The third-order valence-corrected chi connectivity index (χ3v) is 2.38. The number of nitrogens with zero attached hydrogens (tertiary/aromatic N) is 2. The minimum atomic E-state index is -1.07. The molecule has 0 aliphatic heterocycles. The number of hydrogen-bond donors (Lipinski definition) is 1. The van der Waals surface area contributed by atoms with Gasteiger partial charge in [-0.15, -0.1) is 0 Å². The number of fused-ring (bicyclic) bond motifs is 1. The van der Waals surface area contributed by atoms with Crippen LogP contribution in [-0.2, 0) is 16.1 Å². The molecule has 0 atom stereocenters. The van der Waals surface area contributed by atoms with Gasteiger partial charge >= 0.3 is 5.97 Å². The molecule has 2 rings (SSSR count). The molecule has 2 heterocycles. The van der Waals surface area contributed by atoms with Gasteiger partial charge in [0.1, 0.15) is 12.3 Å². The average molecular weight is 269 g/mol. The fraction of sp³-hybridized carbons (Fsp3) is 0.182. The van der Waals surface area contributed by atoms with Crippen LogP contribution in [-0.4, -0.2) is 27.1 Å². The lowest BCUT2D eigenvalue weighted by Gasteiger charge is -2.04. The number of aromatic nitrogens is 2. The molecule has 0 saturated heterocycles. The first kappa shape index (κ1) is 12.5. The summed E-state index contributed by atoms with van der Waals surface area (Å²) in [5, 5.41) is 8.85. The van der Waals surface area contributed by atoms with Crippen LogP contribution in [0.5, 0.6) is 0 Å². The van der Waals surface area contributed by atoms with Crippen molar-refractivity contribution in [3.05, 3.63) is 45.5 Å². The first-order valence-electron chi connectivity index (χ1n) is 5.03. The van der Waals surface area contributed by atoms with Gasteiger partial charge in [-0.2, -0.15) is 0 Å². The third kappa shape index (κ3) is 2.85. The summed E-state index contributed by atoms with van der Waals surface area (Å²) in [6, 6.07) is 4.50. The molecule has 0 fully saturated rings. The molecule has 0 bridgehead atoms. The monoisotopic (exact) mass is 268 g/mol. The van der Waals surface area contributed by atoms with Crippen LogP contribution in [0.15, 0.2) is 29.2 Å². The van der Waals surface area contributed by atoms with Gasteiger partial charge in [0, 0.05) is 12.3 Å². The maximum Gasteiger partial charge on any atom is 0.329 e. The van der Waals surface area contributed by atoms with Gasteiger partial charge in [0.15, 0.2) is 0 Å². The summed E-state index contributed by atoms with van der Waals surface area (Å²) < 4.78 is 6.18. The van der Waals surface area contributed by atoms with Crippen molar-refractivity contribution in [2.24, 2.45) is 0 Å². The Morgan fingerprint density at radius 3 is 3.00 bits per heavy atom. The standard InChI is InChI=1S/C11H9ClN2O4/c12-7-1-2-9-13-8(5-18-6-11(16)17)3-10(15)14(9)4-7/h1-4H,5-6H2,(H,16,17). The zero-order chi connectivity index (χ0) is 13.1. The summed E-state index contributed by atoms with van der Waals surface area (Å²) >= 11 is 5.77. The number of carboxylic acid groups (broad SMARTS) is 1. The summed E-state index contributed by atoms with van der Waals surface area (Å²) in [6.45, 7) is -0.456. The largest absolute Gasteiger partial charge is 0.480 e. The molecule has 2 aromatic rings. The predicted octanol–water partition coefficient (Wildman–Crippen LogP) is 0.949. The van der Waals surface area contributed by atoms with Gasteiger partial charge in [0.2, 0.25) is 0 Å². The van der Waals surface area contributed by atoms with Crippen molar-refractivity contribution in [2.75, 3.05) is 6.61 Å². The van der Waals surface area contributed by atoms with Gasteiger partial charge < -0.3 is 9.84 Å². The molecule has 18 heavy (non-hydrogen) atoms. The van der Waals surface area contributed by atoms with Gasteiger partial charge in [0.25, 0.3) is 5.56 Å². The highest BCUT2D eigenvalue weighted by atomic mass is 35.5. The maximum atomic E-state index is 11.7. The van der Waals surface area contributed by atoms with Gasteiger partial charge in [-0.3, -0.25) is 9.20 Å². The molecule has 0 aromatic carbocycles. The molecular formula is C11H9ClN2O4. The van der Waals surface area contributed by atoms with Crippen molar-refractivity contribution in [1.82, 2.24) is 9.38 Å². The SMILES string of the molecule is O=C(O)COCc1cc(=O)n2cc(Cl)ccc2n1. The topological polar surface area (TPSA) is 80.9 Å². The second kappa shape index (κ2) is 5.16. The highest BCUT2D eigenvalue weighted by Crippen LogP contribution is 2.08. The number of carbonyl (C=O) groups is 1. The Morgan fingerprint density at radius 2 is 2.28 bits per heavy atom. The van der Waals surface area contributed by atoms with Crippen LogP contribution in [0.25, 0.3) is 5.65 Å². The number of ether oxygens (including phenoxy) is 1. The Labute approximate surface area is 106 Å². The van der Waals surface area contributed by atoms with Crippen molar-refractivity contribution in [1.29, 1.82) is 0 Å². The van der Waals surface area contributed by atoms with Crippen molar-refractivity contribution < 1.29 is 14.6 Å². The Hall–Kier alpha value is -1.92. The average Bonchev–Trinajstić information content (AvgIpc) is 2.30. The van der Waals surface area contributed by atoms with Crippen LogP contribution in [0, 0.1) is 0 Å². The molecule has 2 aromatic heterocycles. The summed E-state index contributed by atoms with van der Waals surface area (Å²) in [4.78, 5) is 26.2. The van der Waals surface area contributed by atoms with Gasteiger partial charge in [-0.05, 0) is 12.1 Å². The fourth-order valence-corrected chi connectivity index (χ4v) is 1.60. The van der Waals surface area contributed by atoms with Crippen LogP contribution in [0.2, 0.25) is 5.02 Å². The van der Waals surface area contributed by atoms with Gasteiger partial charge in [0.05, 0.1) is 17.3 Å². The molecule has 7 heteroatoms. The van der Waals surface area contributed by atoms with E-state index in [9.17, 15) is 9.59 Å². The number of rotatable bonds is 4. The number of aliphatic carboxylic acids is 1. The molecule has 6 nitrogen and oxygen atoms in total. The fourth-order valence-electron chi connectivity index (χ4n) is 1.44. The molecule has 0 aliphatic rings. The molecule has 0 unspecified atom stereocenters. The third-order valence-electron chi connectivity index (χ3n) is 2.15. The lowest BCUT2D eigenvalue weighted by Crippen LogP contribution is -2.16. The van der Waals surface area contributed by atoms with Gasteiger partial charge in [-0.1, -0.05) is 11.6 Å². The van der Waals surface area contributed by atoms with Crippen LogP contribution >= 0.6 is 11.6 Å². The quantitative estimate of drug-likeness (QED) is 0.893. The zero-order valence-corrected chi connectivity index (χ0v) is 9.92. The molecule has 0 radical (unpaired) electrons. The summed E-state index contributed by atoms with van der Waals surface area (Å²) in [5.74, 6) is -1.07. The van der Waals surface area contributed by atoms with E-state index in [1.807, 2.05) is 0 Å². The van der Waals surface area contributed by atoms with Crippen LogP contribution in [0.1, 0.15) is 5.69 Å². The van der Waals surface area contributed by atoms with Crippen molar-refractivity contribution in [2.45, 2.75) is 6.61 Å². The zero-order valence-electron chi connectivity index (χ0n) is 9.17. The van der Waals surface area contributed by atoms with Crippen molar-refractivity contribution in [3.8, 4) is 0 Å². The molecule has 1 N–H and O–H groups in total. The normalized spacial score (nSPS) is 10.7. The molecule has 0 saturated carbocycles. The van der Waals surface area contributed by atoms with E-state index in [-0.39, 0.29) is 12.2 Å². The van der Waals surface area contributed by atoms with Crippen molar-refractivity contribution in [3.63, 3.8) is 0 Å². The first-order chi connectivity index (χ1) is 8.56. The number of pyridine rings is 1. The van der Waals surface area contributed by atoms with Crippen molar-refractivity contribution >= 4 is 23.2 Å². The highest BCUT2D eigenvalue weighted by molar-refractivity contribution is 6.30. The smallest absolute Gasteiger partial charge is 0.329 e. The maximum absolute atomic E-state index is 11.7. The summed E-state index contributed by atoms with van der Waals surface area (Å²) in [5.41, 5.74) is 0.515. The van der Waals surface area contributed by atoms with Crippen LogP contribution in [0.4, 0.5) is 0 Å². The Morgan fingerprint density at radius 1 is 1.50 bits per heavy atom. The van der Waals surface area contributed by atoms with E-state index in [1.54, 1.807) is 12.1 Å². The number of hydrogen-bond acceptors (Lipinski definition) is 4. The van der Waals surface area contributed by atoms with Crippen LogP contribution < -0.4 is 5.56 Å². The Kier molecular flexibility index (Phi) is 3.59. The lowest BCUT2D eigenvalue weighted by atomic mass is 10.4. The highest BCUT2D eigenvalue weighted by Gasteiger charge is 2.04. The Balaban J connectivity index is 2.29. The molecule has 0 amide bonds. The van der Waals surface area contributed by atoms with E-state index < -0.39 is 12.6 Å². The van der Waals surface area contributed by atoms with E-state index in [4.69, 9.17) is 21.4 Å². The minimum Gasteiger partial charge on any atom is -0.480 e. The van der Waals surface area contributed by atoms with E-state index in [0.29, 0.717) is 16.4 Å². The predicted molar refractivity (Wildman–Crippen MR) is 63.8 cm³/mol.